The lowest BCUT2D eigenvalue weighted by Gasteiger charge is -2.21. The van der Waals surface area contributed by atoms with Crippen LogP contribution in [0.4, 0.5) is 5.69 Å². The first-order valence-electron chi connectivity index (χ1n) is 6.30. The third kappa shape index (κ3) is 3.35. The number of nitrogens with one attached hydrogen (secondary N) is 1. The molecule has 0 bridgehead atoms. The van der Waals surface area contributed by atoms with Gasteiger partial charge in [0, 0.05) is 41.8 Å². The number of carbonyl (C=O) groups excluding carboxylic acids is 2. The fraction of sp³-hybridized carbons (Fsp3) is 0.429. The van der Waals surface area contributed by atoms with Crippen molar-refractivity contribution in [3.63, 3.8) is 0 Å². The summed E-state index contributed by atoms with van der Waals surface area (Å²) in [4.78, 5) is 24.9. The zero-order valence-electron chi connectivity index (χ0n) is 11.1. The molecule has 0 aliphatic carbocycles. The highest BCUT2D eigenvalue weighted by Crippen LogP contribution is 2.28. The van der Waals surface area contributed by atoms with Gasteiger partial charge >= 0.3 is 0 Å². The minimum absolute atomic E-state index is 0.00514. The van der Waals surface area contributed by atoms with Crippen LogP contribution < -0.4 is 10.2 Å². The number of halogens is 1. The van der Waals surface area contributed by atoms with Crippen LogP contribution in [0.15, 0.2) is 22.7 Å². The van der Waals surface area contributed by atoms with Gasteiger partial charge in [0.25, 0.3) is 0 Å². The number of ketones is 1. The second kappa shape index (κ2) is 5.74. The first-order valence-corrected chi connectivity index (χ1v) is 7.09. The molecule has 2 rings (SSSR count). The molecule has 1 N–H and O–H groups in total. The van der Waals surface area contributed by atoms with E-state index in [4.69, 9.17) is 0 Å². The largest absolute Gasteiger partial charge is 0.369 e. The number of nitrogens with zero attached hydrogens (tertiary/aromatic N) is 1. The van der Waals surface area contributed by atoms with E-state index in [-0.39, 0.29) is 17.7 Å². The van der Waals surface area contributed by atoms with Crippen LogP contribution in [0.1, 0.15) is 30.6 Å². The standard InChI is InChI=1S/C14H17BrN2O2/c1-9(18)13-7-11(15)3-4-14(13)17-6-5-12(8-17)16-10(2)19/h3-4,7,12H,5-6,8H2,1-2H3,(H,16,19). The topological polar surface area (TPSA) is 49.4 Å². The van der Waals surface area contributed by atoms with E-state index >= 15 is 0 Å². The van der Waals surface area contributed by atoms with Crippen molar-refractivity contribution in [1.82, 2.24) is 5.32 Å². The van der Waals surface area contributed by atoms with Crippen LogP contribution in [0.2, 0.25) is 0 Å². The van der Waals surface area contributed by atoms with Gasteiger partial charge < -0.3 is 10.2 Å². The zero-order valence-corrected chi connectivity index (χ0v) is 12.7. The lowest BCUT2D eigenvalue weighted by molar-refractivity contribution is -0.119. The molecule has 1 aromatic rings. The SMILES string of the molecule is CC(=O)NC1CCN(c2ccc(Br)cc2C(C)=O)C1. The number of anilines is 1. The first-order chi connectivity index (χ1) is 8.97. The van der Waals surface area contributed by atoms with E-state index in [2.05, 4.69) is 26.1 Å². The monoisotopic (exact) mass is 324 g/mol. The van der Waals surface area contributed by atoms with Crippen molar-refractivity contribution in [2.45, 2.75) is 26.3 Å². The van der Waals surface area contributed by atoms with Crippen molar-refractivity contribution in [2.75, 3.05) is 18.0 Å². The van der Waals surface area contributed by atoms with Gasteiger partial charge in [-0.05, 0) is 31.5 Å². The third-order valence-electron chi connectivity index (χ3n) is 3.27. The molecule has 1 aromatic carbocycles. The molecule has 1 saturated heterocycles. The van der Waals surface area contributed by atoms with Gasteiger partial charge in [-0.15, -0.1) is 0 Å². The summed E-state index contributed by atoms with van der Waals surface area (Å²) in [6.07, 6.45) is 0.910. The molecule has 5 heteroatoms. The maximum Gasteiger partial charge on any atom is 0.217 e. The Morgan fingerprint density at radius 3 is 2.74 bits per heavy atom. The molecule has 1 atom stereocenters. The quantitative estimate of drug-likeness (QED) is 0.868. The van der Waals surface area contributed by atoms with E-state index < -0.39 is 0 Å². The fourth-order valence-electron chi connectivity index (χ4n) is 2.45. The predicted octanol–water partition coefficient (Wildman–Crippen LogP) is 2.37. The summed E-state index contributed by atoms with van der Waals surface area (Å²) in [5.41, 5.74) is 1.67. The van der Waals surface area contributed by atoms with Crippen molar-refractivity contribution in [1.29, 1.82) is 0 Å². The maximum absolute atomic E-state index is 11.7. The van der Waals surface area contributed by atoms with E-state index in [0.29, 0.717) is 0 Å². The summed E-state index contributed by atoms with van der Waals surface area (Å²) in [6, 6.07) is 5.91. The summed E-state index contributed by atoms with van der Waals surface area (Å²) >= 11 is 3.39. The Kier molecular flexibility index (Phi) is 4.24. The molecule has 4 nitrogen and oxygen atoms in total. The number of carbonyl (C=O) groups is 2. The van der Waals surface area contributed by atoms with Gasteiger partial charge in [-0.2, -0.15) is 0 Å². The molecule has 0 saturated carbocycles. The molecule has 1 fully saturated rings. The number of rotatable bonds is 3. The summed E-state index contributed by atoms with van der Waals surface area (Å²) < 4.78 is 0.902. The molecule has 1 unspecified atom stereocenters. The smallest absolute Gasteiger partial charge is 0.217 e. The van der Waals surface area contributed by atoms with Gasteiger partial charge in [0.1, 0.15) is 0 Å². The maximum atomic E-state index is 11.7. The molecule has 0 aromatic heterocycles. The van der Waals surface area contributed by atoms with Crippen molar-refractivity contribution in [3.05, 3.63) is 28.2 Å². The molecule has 19 heavy (non-hydrogen) atoms. The van der Waals surface area contributed by atoms with Crippen LogP contribution in [-0.4, -0.2) is 30.8 Å². The number of hydrogen-bond donors (Lipinski definition) is 1. The minimum Gasteiger partial charge on any atom is -0.369 e. The van der Waals surface area contributed by atoms with E-state index in [9.17, 15) is 9.59 Å². The van der Waals surface area contributed by atoms with Crippen LogP contribution in [0, 0.1) is 0 Å². The Morgan fingerprint density at radius 2 is 2.11 bits per heavy atom. The molecular formula is C14H17BrN2O2. The Balaban J connectivity index is 2.19. The summed E-state index contributed by atoms with van der Waals surface area (Å²) in [7, 11) is 0. The van der Waals surface area contributed by atoms with Crippen molar-refractivity contribution in [2.24, 2.45) is 0 Å². The van der Waals surface area contributed by atoms with Crippen molar-refractivity contribution < 1.29 is 9.59 Å². The van der Waals surface area contributed by atoms with Crippen molar-refractivity contribution >= 4 is 33.3 Å². The second-order valence-electron chi connectivity index (χ2n) is 4.85. The van der Waals surface area contributed by atoms with Crippen LogP contribution in [0.25, 0.3) is 0 Å². The molecule has 102 valence electrons. The summed E-state index contributed by atoms with van der Waals surface area (Å²) in [6.45, 7) is 4.71. The highest BCUT2D eigenvalue weighted by molar-refractivity contribution is 9.10. The van der Waals surface area contributed by atoms with E-state index in [1.165, 1.54) is 6.92 Å². The molecule has 1 aliphatic heterocycles. The predicted molar refractivity (Wildman–Crippen MR) is 78.6 cm³/mol. The van der Waals surface area contributed by atoms with Crippen LogP contribution in [0.5, 0.6) is 0 Å². The van der Waals surface area contributed by atoms with Gasteiger partial charge in [0.15, 0.2) is 5.78 Å². The minimum atomic E-state index is -0.00514. The van der Waals surface area contributed by atoms with Gasteiger partial charge in [0.05, 0.1) is 0 Å². The average Bonchev–Trinajstić information content (AvgIpc) is 2.76. The Hall–Kier alpha value is -1.36. The molecule has 0 spiro atoms. The van der Waals surface area contributed by atoms with Crippen LogP contribution >= 0.6 is 15.9 Å². The lowest BCUT2D eigenvalue weighted by Crippen LogP contribution is -2.35. The van der Waals surface area contributed by atoms with Gasteiger partial charge in [-0.1, -0.05) is 15.9 Å². The zero-order chi connectivity index (χ0) is 14.0. The van der Waals surface area contributed by atoms with Crippen molar-refractivity contribution in [3.8, 4) is 0 Å². The molecular weight excluding hydrogens is 308 g/mol. The van der Waals surface area contributed by atoms with Crippen LogP contribution in [0.3, 0.4) is 0 Å². The number of Topliss-reactive ketones (excluding diaryl/α,β-unsaturated/α-hetero) is 1. The molecule has 1 amide bonds. The Labute approximate surface area is 121 Å². The number of benzene rings is 1. The van der Waals surface area contributed by atoms with Gasteiger partial charge in [0.2, 0.25) is 5.91 Å². The van der Waals surface area contributed by atoms with E-state index in [1.807, 2.05) is 18.2 Å². The van der Waals surface area contributed by atoms with Gasteiger partial charge in [-0.3, -0.25) is 9.59 Å². The number of amides is 1. The molecule has 0 radical (unpaired) electrons. The highest BCUT2D eigenvalue weighted by Gasteiger charge is 2.25. The normalized spacial score (nSPS) is 18.5. The van der Waals surface area contributed by atoms with Gasteiger partial charge in [-0.25, -0.2) is 0 Å². The Bertz CT molecular complexity index is 516. The molecule has 1 heterocycles. The van der Waals surface area contributed by atoms with Crippen LogP contribution in [-0.2, 0) is 4.79 Å². The second-order valence-corrected chi connectivity index (χ2v) is 5.77. The fourth-order valence-corrected chi connectivity index (χ4v) is 2.81. The first kappa shape index (κ1) is 14.1. The summed E-state index contributed by atoms with van der Waals surface area (Å²) in [5, 5.41) is 2.93. The van der Waals surface area contributed by atoms with E-state index in [0.717, 1.165) is 35.2 Å². The number of hydrogen-bond acceptors (Lipinski definition) is 3. The van der Waals surface area contributed by atoms with E-state index in [1.54, 1.807) is 6.92 Å². The summed E-state index contributed by atoms with van der Waals surface area (Å²) in [5.74, 6) is 0.0497. The average molecular weight is 325 g/mol. The highest BCUT2D eigenvalue weighted by atomic mass is 79.9. The molecule has 1 aliphatic rings. The Morgan fingerprint density at radius 1 is 1.37 bits per heavy atom. The third-order valence-corrected chi connectivity index (χ3v) is 3.77. The lowest BCUT2D eigenvalue weighted by atomic mass is 10.1.